The van der Waals surface area contributed by atoms with Crippen molar-refractivity contribution >= 4 is 11.8 Å². The lowest BCUT2D eigenvalue weighted by atomic mass is 10.0. The molecule has 1 unspecified atom stereocenters. The van der Waals surface area contributed by atoms with Gasteiger partial charge in [-0.3, -0.25) is 4.90 Å². The Morgan fingerprint density at radius 3 is 2.06 bits per heavy atom. The molecule has 1 aromatic carbocycles. The first-order chi connectivity index (χ1) is 8.76. The number of rotatable bonds is 8. The molecule has 3 heteroatoms. The molecule has 1 atom stereocenters. The SMILES string of the molecule is CCCN(CCC)C(CN)c1ccc(SC)cc1. The highest BCUT2D eigenvalue weighted by Crippen LogP contribution is 2.23. The van der Waals surface area contributed by atoms with Gasteiger partial charge in [0.25, 0.3) is 0 Å². The molecule has 0 aliphatic heterocycles. The Balaban J connectivity index is 2.83. The highest BCUT2D eigenvalue weighted by atomic mass is 32.2. The van der Waals surface area contributed by atoms with Gasteiger partial charge >= 0.3 is 0 Å². The van der Waals surface area contributed by atoms with Crippen LogP contribution in [0.5, 0.6) is 0 Å². The summed E-state index contributed by atoms with van der Waals surface area (Å²) >= 11 is 1.78. The van der Waals surface area contributed by atoms with Crippen molar-refractivity contribution in [3.63, 3.8) is 0 Å². The predicted octanol–water partition coefficient (Wildman–Crippen LogP) is 3.53. The summed E-state index contributed by atoms with van der Waals surface area (Å²) in [5.74, 6) is 0. The number of nitrogens with two attached hydrogens (primary N) is 1. The van der Waals surface area contributed by atoms with Crippen LogP contribution < -0.4 is 5.73 Å². The summed E-state index contributed by atoms with van der Waals surface area (Å²) in [6, 6.07) is 9.20. The third kappa shape index (κ3) is 4.30. The fourth-order valence-electron chi connectivity index (χ4n) is 2.32. The van der Waals surface area contributed by atoms with Crippen LogP contribution in [0.2, 0.25) is 0 Å². The monoisotopic (exact) mass is 266 g/mol. The van der Waals surface area contributed by atoms with Crippen LogP contribution in [0.3, 0.4) is 0 Å². The van der Waals surface area contributed by atoms with Gasteiger partial charge < -0.3 is 5.73 Å². The van der Waals surface area contributed by atoms with E-state index in [0.717, 1.165) is 13.1 Å². The standard InChI is InChI=1S/C15H26N2S/c1-4-10-17(11-5-2)15(12-16)13-6-8-14(18-3)9-7-13/h6-9,15H,4-5,10-12,16H2,1-3H3. The number of hydrogen-bond acceptors (Lipinski definition) is 3. The van der Waals surface area contributed by atoms with E-state index in [1.165, 1.54) is 23.3 Å². The van der Waals surface area contributed by atoms with E-state index in [4.69, 9.17) is 5.73 Å². The van der Waals surface area contributed by atoms with Crippen LogP contribution in [0.4, 0.5) is 0 Å². The van der Waals surface area contributed by atoms with Crippen LogP contribution in [-0.2, 0) is 0 Å². The van der Waals surface area contributed by atoms with Gasteiger partial charge in [0.15, 0.2) is 0 Å². The minimum absolute atomic E-state index is 0.362. The number of benzene rings is 1. The first kappa shape index (κ1) is 15.5. The predicted molar refractivity (Wildman–Crippen MR) is 82.2 cm³/mol. The molecule has 102 valence electrons. The van der Waals surface area contributed by atoms with Gasteiger partial charge in [-0.1, -0.05) is 26.0 Å². The summed E-state index contributed by atoms with van der Waals surface area (Å²) in [6.07, 6.45) is 4.47. The second kappa shape index (κ2) is 8.57. The Morgan fingerprint density at radius 1 is 1.11 bits per heavy atom. The molecule has 0 bridgehead atoms. The molecule has 0 saturated carbocycles. The summed E-state index contributed by atoms with van der Waals surface area (Å²) in [5, 5.41) is 0. The molecular weight excluding hydrogens is 240 g/mol. The van der Waals surface area contributed by atoms with Gasteiger partial charge in [0, 0.05) is 17.5 Å². The molecule has 1 rings (SSSR count). The zero-order valence-electron chi connectivity index (χ0n) is 11.9. The fourth-order valence-corrected chi connectivity index (χ4v) is 2.73. The van der Waals surface area contributed by atoms with E-state index in [-0.39, 0.29) is 0 Å². The van der Waals surface area contributed by atoms with E-state index in [2.05, 4.69) is 49.3 Å². The van der Waals surface area contributed by atoms with Gasteiger partial charge in [0.05, 0.1) is 0 Å². The van der Waals surface area contributed by atoms with Crippen molar-refractivity contribution in [1.29, 1.82) is 0 Å². The lowest BCUT2D eigenvalue weighted by Crippen LogP contribution is -2.35. The van der Waals surface area contributed by atoms with E-state index >= 15 is 0 Å². The third-order valence-corrected chi connectivity index (χ3v) is 3.93. The van der Waals surface area contributed by atoms with Crippen molar-refractivity contribution < 1.29 is 0 Å². The Hall–Kier alpha value is -0.510. The van der Waals surface area contributed by atoms with Gasteiger partial charge in [-0.15, -0.1) is 11.8 Å². The minimum atomic E-state index is 0.362. The number of hydrogen-bond donors (Lipinski definition) is 1. The summed E-state index contributed by atoms with van der Waals surface area (Å²) in [6.45, 7) is 7.40. The Morgan fingerprint density at radius 2 is 1.67 bits per heavy atom. The molecule has 0 aromatic heterocycles. The molecule has 0 fully saturated rings. The van der Waals surface area contributed by atoms with E-state index in [1.54, 1.807) is 11.8 Å². The van der Waals surface area contributed by atoms with Gasteiger partial charge in [0.2, 0.25) is 0 Å². The van der Waals surface area contributed by atoms with Crippen molar-refractivity contribution in [1.82, 2.24) is 4.90 Å². The Bertz CT molecular complexity index is 318. The highest BCUT2D eigenvalue weighted by Gasteiger charge is 2.17. The molecule has 0 aliphatic rings. The van der Waals surface area contributed by atoms with Crippen molar-refractivity contribution in [3.8, 4) is 0 Å². The minimum Gasteiger partial charge on any atom is -0.329 e. The van der Waals surface area contributed by atoms with Gasteiger partial charge in [-0.25, -0.2) is 0 Å². The van der Waals surface area contributed by atoms with Crippen LogP contribution in [0.15, 0.2) is 29.2 Å². The van der Waals surface area contributed by atoms with Crippen molar-refractivity contribution in [2.45, 2.75) is 37.6 Å². The second-order valence-electron chi connectivity index (χ2n) is 4.56. The smallest absolute Gasteiger partial charge is 0.0470 e. The summed E-state index contributed by atoms with van der Waals surface area (Å²) in [4.78, 5) is 3.82. The van der Waals surface area contributed by atoms with Crippen LogP contribution in [-0.4, -0.2) is 30.8 Å². The quantitative estimate of drug-likeness (QED) is 0.730. The molecule has 0 aliphatic carbocycles. The maximum absolute atomic E-state index is 5.99. The molecule has 0 saturated heterocycles. The van der Waals surface area contributed by atoms with Crippen molar-refractivity contribution in [3.05, 3.63) is 29.8 Å². The van der Waals surface area contributed by atoms with Crippen molar-refractivity contribution in [2.24, 2.45) is 5.73 Å². The Kier molecular flexibility index (Phi) is 7.40. The summed E-state index contributed by atoms with van der Waals surface area (Å²) < 4.78 is 0. The van der Waals surface area contributed by atoms with Gasteiger partial charge in [-0.05, 0) is 49.9 Å². The highest BCUT2D eigenvalue weighted by molar-refractivity contribution is 7.98. The molecule has 1 aromatic rings. The van der Waals surface area contributed by atoms with E-state index < -0.39 is 0 Å². The average Bonchev–Trinajstić information content (AvgIpc) is 2.41. The zero-order valence-corrected chi connectivity index (χ0v) is 12.7. The van der Waals surface area contributed by atoms with Crippen LogP contribution in [0.25, 0.3) is 0 Å². The van der Waals surface area contributed by atoms with E-state index in [0.29, 0.717) is 12.6 Å². The lowest BCUT2D eigenvalue weighted by Gasteiger charge is -2.30. The van der Waals surface area contributed by atoms with Gasteiger partial charge in [-0.2, -0.15) is 0 Å². The van der Waals surface area contributed by atoms with Crippen LogP contribution in [0.1, 0.15) is 38.3 Å². The van der Waals surface area contributed by atoms with Crippen LogP contribution in [0, 0.1) is 0 Å². The first-order valence-electron chi connectivity index (χ1n) is 6.84. The topological polar surface area (TPSA) is 29.3 Å². The molecule has 0 spiro atoms. The number of nitrogens with zero attached hydrogens (tertiary/aromatic N) is 1. The maximum atomic E-state index is 5.99. The van der Waals surface area contributed by atoms with Gasteiger partial charge in [0.1, 0.15) is 0 Å². The van der Waals surface area contributed by atoms with E-state index in [9.17, 15) is 0 Å². The number of thioether (sulfide) groups is 1. The second-order valence-corrected chi connectivity index (χ2v) is 5.44. The van der Waals surface area contributed by atoms with Crippen LogP contribution >= 0.6 is 11.8 Å². The molecule has 0 heterocycles. The third-order valence-electron chi connectivity index (χ3n) is 3.19. The molecule has 0 amide bonds. The summed E-state index contributed by atoms with van der Waals surface area (Å²) in [7, 11) is 0. The fraction of sp³-hybridized carbons (Fsp3) is 0.600. The lowest BCUT2D eigenvalue weighted by molar-refractivity contribution is 0.202. The molecule has 0 radical (unpaired) electrons. The first-order valence-corrected chi connectivity index (χ1v) is 8.07. The largest absolute Gasteiger partial charge is 0.329 e. The Labute approximate surface area is 116 Å². The van der Waals surface area contributed by atoms with E-state index in [1.807, 2.05) is 0 Å². The zero-order chi connectivity index (χ0) is 13.4. The molecule has 2 N–H and O–H groups in total. The molecule has 18 heavy (non-hydrogen) atoms. The van der Waals surface area contributed by atoms with Crippen molar-refractivity contribution in [2.75, 3.05) is 25.9 Å². The maximum Gasteiger partial charge on any atom is 0.0470 e. The summed E-state index contributed by atoms with van der Waals surface area (Å²) in [5.41, 5.74) is 7.33. The molecule has 2 nitrogen and oxygen atoms in total. The molecular formula is C15H26N2S. The normalized spacial score (nSPS) is 12.9. The average molecular weight is 266 g/mol.